The zero-order valence-electron chi connectivity index (χ0n) is 19.2. The molecule has 1 fully saturated rings. The van der Waals surface area contributed by atoms with E-state index in [-0.39, 0.29) is 17.7 Å². The lowest BCUT2D eigenvalue weighted by Crippen LogP contribution is -2.38. The molecule has 0 unspecified atom stereocenters. The lowest BCUT2D eigenvalue weighted by molar-refractivity contribution is -0.134. The molecular weight excluding hydrogens is 410 g/mol. The molecule has 170 valence electrons. The fraction of sp³-hybridized carbons (Fsp3) is 0.321. The van der Waals surface area contributed by atoms with E-state index in [2.05, 4.69) is 41.4 Å². The van der Waals surface area contributed by atoms with Gasteiger partial charge >= 0.3 is 0 Å². The Morgan fingerprint density at radius 3 is 2.30 bits per heavy atom. The minimum absolute atomic E-state index is 0.113. The third-order valence-corrected chi connectivity index (χ3v) is 6.40. The van der Waals surface area contributed by atoms with Crippen LogP contribution in [-0.4, -0.2) is 52.8 Å². The van der Waals surface area contributed by atoms with Crippen molar-refractivity contribution in [2.24, 2.45) is 5.92 Å². The van der Waals surface area contributed by atoms with Crippen molar-refractivity contribution in [2.75, 3.05) is 26.2 Å². The van der Waals surface area contributed by atoms with Gasteiger partial charge in [-0.25, -0.2) is 0 Å². The van der Waals surface area contributed by atoms with Gasteiger partial charge in [-0.1, -0.05) is 54.6 Å². The summed E-state index contributed by atoms with van der Waals surface area (Å²) in [5, 5.41) is 0. The summed E-state index contributed by atoms with van der Waals surface area (Å²) >= 11 is 0. The van der Waals surface area contributed by atoms with Gasteiger partial charge in [0, 0.05) is 45.0 Å². The van der Waals surface area contributed by atoms with Gasteiger partial charge in [0.1, 0.15) is 0 Å². The number of pyridine rings is 1. The van der Waals surface area contributed by atoms with E-state index >= 15 is 0 Å². The molecule has 0 N–H and O–H groups in total. The predicted octanol–water partition coefficient (Wildman–Crippen LogP) is 4.23. The number of carbonyl (C=O) groups is 2. The van der Waals surface area contributed by atoms with Crippen molar-refractivity contribution in [1.29, 1.82) is 0 Å². The first-order valence-electron chi connectivity index (χ1n) is 11.7. The molecule has 3 aromatic rings. The number of benzene rings is 2. The number of carbonyl (C=O) groups excluding carboxylic acids is 2. The topological polar surface area (TPSA) is 53.5 Å². The van der Waals surface area contributed by atoms with Gasteiger partial charge in [0.15, 0.2) is 0 Å². The fourth-order valence-corrected chi connectivity index (χ4v) is 4.44. The van der Waals surface area contributed by atoms with Crippen LogP contribution in [0.15, 0.2) is 79.1 Å². The number of likely N-dealkylation sites (N-methyl/N-ethyl adjacent to an activating group) is 1. The van der Waals surface area contributed by atoms with Crippen LogP contribution in [0.2, 0.25) is 0 Å². The zero-order chi connectivity index (χ0) is 23.0. The summed E-state index contributed by atoms with van der Waals surface area (Å²) in [5.41, 5.74) is 4.57. The summed E-state index contributed by atoms with van der Waals surface area (Å²) in [4.78, 5) is 34.0. The number of aryl methyl sites for hydroxylation is 1. The first kappa shape index (κ1) is 22.7. The van der Waals surface area contributed by atoms with Crippen molar-refractivity contribution in [3.63, 3.8) is 0 Å². The van der Waals surface area contributed by atoms with Crippen molar-refractivity contribution in [3.05, 3.63) is 90.3 Å². The van der Waals surface area contributed by atoms with Gasteiger partial charge in [0.25, 0.3) is 0 Å². The Morgan fingerprint density at radius 2 is 1.61 bits per heavy atom. The molecule has 1 aromatic heterocycles. The number of amides is 2. The average molecular weight is 442 g/mol. The van der Waals surface area contributed by atoms with Gasteiger partial charge in [0.2, 0.25) is 11.8 Å². The molecule has 0 spiro atoms. The smallest absolute Gasteiger partial charge is 0.227 e. The number of hydrogen-bond acceptors (Lipinski definition) is 3. The third-order valence-electron chi connectivity index (χ3n) is 6.40. The van der Waals surface area contributed by atoms with E-state index in [1.165, 1.54) is 5.56 Å². The maximum Gasteiger partial charge on any atom is 0.227 e. The van der Waals surface area contributed by atoms with E-state index < -0.39 is 0 Å². The Balaban J connectivity index is 1.44. The van der Waals surface area contributed by atoms with Gasteiger partial charge in [-0.05, 0) is 54.2 Å². The Bertz CT molecular complexity index is 1050. The highest BCUT2D eigenvalue weighted by atomic mass is 16.2. The molecular formula is C28H31N3O2. The normalized spacial score (nSPS) is 16.5. The summed E-state index contributed by atoms with van der Waals surface area (Å²) in [6.07, 6.45) is 5.28. The van der Waals surface area contributed by atoms with Gasteiger partial charge in [-0.2, -0.15) is 0 Å². The van der Waals surface area contributed by atoms with E-state index in [0.717, 1.165) is 16.7 Å². The minimum atomic E-state index is -0.222. The second-order valence-corrected chi connectivity index (χ2v) is 8.58. The molecule has 5 nitrogen and oxygen atoms in total. The van der Waals surface area contributed by atoms with E-state index in [4.69, 9.17) is 0 Å². The quantitative estimate of drug-likeness (QED) is 0.551. The highest BCUT2D eigenvalue weighted by Gasteiger charge is 2.31. The molecule has 0 radical (unpaired) electrons. The fourth-order valence-electron chi connectivity index (χ4n) is 4.44. The number of aromatic nitrogens is 1. The lowest BCUT2D eigenvalue weighted by Gasteiger charge is -2.24. The first-order chi connectivity index (χ1) is 16.1. The predicted molar refractivity (Wildman–Crippen MR) is 130 cm³/mol. The molecule has 2 heterocycles. The van der Waals surface area contributed by atoms with E-state index in [1.807, 2.05) is 47.1 Å². The standard InChI is InChI=1S/C28H31N3O2/c1-2-30-18-19-31(27(32)13-10-22-14-16-29-17-15-22)21-26(28(30)33)20-23-8-11-25(12-9-23)24-6-4-3-5-7-24/h3-9,11-12,14-17,26H,2,10,13,18-21H2,1H3/t26-/m1/s1. The van der Waals surface area contributed by atoms with E-state index in [1.54, 1.807) is 12.4 Å². The van der Waals surface area contributed by atoms with Crippen LogP contribution in [-0.2, 0) is 22.4 Å². The summed E-state index contributed by atoms with van der Waals surface area (Å²) in [5.74, 6) is 0.0379. The molecule has 1 aliphatic rings. The third kappa shape index (κ3) is 5.86. The molecule has 1 aliphatic heterocycles. The lowest BCUT2D eigenvalue weighted by atomic mass is 9.95. The SMILES string of the molecule is CCN1CCN(C(=O)CCc2ccncc2)C[C@@H](Cc2ccc(-c3ccccc3)cc2)C1=O. The van der Waals surface area contributed by atoms with Gasteiger partial charge in [-0.15, -0.1) is 0 Å². The molecule has 1 saturated heterocycles. The van der Waals surface area contributed by atoms with Crippen LogP contribution in [0.1, 0.15) is 24.5 Å². The molecule has 0 bridgehead atoms. The van der Waals surface area contributed by atoms with Gasteiger partial charge < -0.3 is 9.80 Å². The molecule has 0 saturated carbocycles. The Morgan fingerprint density at radius 1 is 0.909 bits per heavy atom. The highest BCUT2D eigenvalue weighted by Crippen LogP contribution is 2.22. The monoisotopic (exact) mass is 441 g/mol. The highest BCUT2D eigenvalue weighted by molar-refractivity contribution is 5.82. The Hall–Kier alpha value is -3.47. The molecule has 2 amide bonds. The van der Waals surface area contributed by atoms with Crippen LogP contribution in [0.5, 0.6) is 0 Å². The summed E-state index contributed by atoms with van der Waals surface area (Å²) in [6.45, 7) is 4.34. The summed E-state index contributed by atoms with van der Waals surface area (Å²) in [7, 11) is 0. The summed E-state index contributed by atoms with van der Waals surface area (Å²) in [6, 6.07) is 22.6. The van der Waals surface area contributed by atoms with Crippen LogP contribution < -0.4 is 0 Å². The van der Waals surface area contributed by atoms with Crippen LogP contribution >= 0.6 is 0 Å². The molecule has 1 atom stereocenters. The van der Waals surface area contributed by atoms with E-state index in [9.17, 15) is 9.59 Å². The Kier molecular flexibility index (Phi) is 7.51. The zero-order valence-corrected chi connectivity index (χ0v) is 19.2. The van der Waals surface area contributed by atoms with Gasteiger partial charge in [0.05, 0.1) is 5.92 Å². The number of hydrogen-bond donors (Lipinski definition) is 0. The number of rotatable bonds is 7. The van der Waals surface area contributed by atoms with Gasteiger partial charge in [-0.3, -0.25) is 14.6 Å². The van der Waals surface area contributed by atoms with Crippen molar-refractivity contribution < 1.29 is 9.59 Å². The average Bonchev–Trinajstić information content (AvgIpc) is 3.03. The number of nitrogens with zero attached hydrogens (tertiary/aromatic N) is 3. The maximum atomic E-state index is 13.2. The molecule has 4 rings (SSSR count). The van der Waals surface area contributed by atoms with Crippen LogP contribution in [0.4, 0.5) is 0 Å². The minimum Gasteiger partial charge on any atom is -0.341 e. The van der Waals surface area contributed by atoms with Crippen molar-refractivity contribution >= 4 is 11.8 Å². The molecule has 2 aromatic carbocycles. The molecule has 5 heteroatoms. The first-order valence-corrected chi connectivity index (χ1v) is 11.7. The van der Waals surface area contributed by atoms with E-state index in [0.29, 0.717) is 45.4 Å². The molecule has 0 aliphatic carbocycles. The van der Waals surface area contributed by atoms with Crippen molar-refractivity contribution in [3.8, 4) is 11.1 Å². The van der Waals surface area contributed by atoms with Crippen LogP contribution in [0.3, 0.4) is 0 Å². The second kappa shape index (κ2) is 10.9. The molecule has 33 heavy (non-hydrogen) atoms. The largest absolute Gasteiger partial charge is 0.341 e. The maximum absolute atomic E-state index is 13.2. The second-order valence-electron chi connectivity index (χ2n) is 8.58. The summed E-state index contributed by atoms with van der Waals surface area (Å²) < 4.78 is 0. The van der Waals surface area contributed by atoms with Crippen molar-refractivity contribution in [1.82, 2.24) is 14.8 Å². The van der Waals surface area contributed by atoms with Crippen molar-refractivity contribution in [2.45, 2.75) is 26.2 Å². The van der Waals surface area contributed by atoms with Crippen LogP contribution in [0, 0.1) is 5.92 Å². The van der Waals surface area contributed by atoms with Crippen LogP contribution in [0.25, 0.3) is 11.1 Å². The Labute approximate surface area is 196 Å².